The topological polar surface area (TPSA) is 38.1 Å². The number of nitrogens with one attached hydrogen (secondary N) is 1. The predicted octanol–water partition coefficient (Wildman–Crippen LogP) is 2.86. The van der Waals surface area contributed by atoms with Crippen molar-refractivity contribution in [1.82, 2.24) is 10.5 Å². The van der Waals surface area contributed by atoms with Crippen LogP contribution >= 0.6 is 12.4 Å². The number of benzene rings is 1. The lowest BCUT2D eigenvalue weighted by Gasteiger charge is -2.20. The average Bonchev–Trinajstić information content (AvgIpc) is 2.73. The van der Waals surface area contributed by atoms with Crippen molar-refractivity contribution >= 4 is 23.3 Å². The molecule has 0 unspecified atom stereocenters. The SMILES string of the molecule is Cl.Fc1ccc2c(C3CCNCC3)onc2c1. The third-order valence-corrected chi connectivity index (χ3v) is 3.18. The monoisotopic (exact) mass is 256 g/mol. The zero-order valence-electron chi connectivity index (χ0n) is 9.28. The number of hydrogen-bond acceptors (Lipinski definition) is 3. The maximum atomic E-state index is 13.0. The van der Waals surface area contributed by atoms with Crippen molar-refractivity contribution in [2.24, 2.45) is 0 Å². The van der Waals surface area contributed by atoms with Crippen LogP contribution in [0.5, 0.6) is 0 Å². The fourth-order valence-electron chi connectivity index (χ4n) is 2.31. The molecule has 2 heterocycles. The largest absolute Gasteiger partial charge is 0.360 e. The van der Waals surface area contributed by atoms with E-state index in [9.17, 15) is 4.39 Å². The lowest BCUT2D eigenvalue weighted by Crippen LogP contribution is -2.26. The molecular formula is C12H14ClFN2O. The number of fused-ring (bicyclic) bond motifs is 1. The maximum Gasteiger partial charge on any atom is 0.147 e. The van der Waals surface area contributed by atoms with Crippen LogP contribution in [0, 0.1) is 5.82 Å². The van der Waals surface area contributed by atoms with Gasteiger partial charge in [-0.15, -0.1) is 12.4 Å². The standard InChI is InChI=1S/C12H13FN2O.ClH/c13-9-1-2-10-11(7-9)15-16-12(10)8-3-5-14-6-4-8;/h1-2,7-8,14H,3-6H2;1H. The summed E-state index contributed by atoms with van der Waals surface area (Å²) in [6.07, 6.45) is 2.11. The highest BCUT2D eigenvalue weighted by molar-refractivity contribution is 5.85. The Bertz CT molecular complexity index is 508. The van der Waals surface area contributed by atoms with Gasteiger partial charge in [-0.3, -0.25) is 0 Å². The van der Waals surface area contributed by atoms with Gasteiger partial charge in [0.25, 0.3) is 0 Å². The van der Waals surface area contributed by atoms with E-state index in [-0.39, 0.29) is 18.2 Å². The maximum absolute atomic E-state index is 13.0. The number of hydrogen-bond donors (Lipinski definition) is 1. The van der Waals surface area contributed by atoms with Gasteiger partial charge in [0.15, 0.2) is 0 Å². The van der Waals surface area contributed by atoms with Crippen molar-refractivity contribution in [2.75, 3.05) is 13.1 Å². The van der Waals surface area contributed by atoms with Gasteiger partial charge in [0.05, 0.1) is 0 Å². The van der Waals surface area contributed by atoms with Gasteiger partial charge in [0.2, 0.25) is 0 Å². The van der Waals surface area contributed by atoms with Gasteiger partial charge in [0, 0.05) is 17.4 Å². The molecule has 5 heteroatoms. The minimum Gasteiger partial charge on any atom is -0.360 e. The highest BCUT2D eigenvalue weighted by Crippen LogP contribution is 2.31. The Labute approximate surface area is 105 Å². The molecule has 0 atom stereocenters. The Morgan fingerprint density at radius 2 is 2.06 bits per heavy atom. The molecule has 3 rings (SSSR count). The first kappa shape index (κ1) is 12.3. The molecule has 1 saturated heterocycles. The van der Waals surface area contributed by atoms with Crippen molar-refractivity contribution in [2.45, 2.75) is 18.8 Å². The number of piperidine rings is 1. The summed E-state index contributed by atoms with van der Waals surface area (Å²) in [5.41, 5.74) is 0.619. The summed E-state index contributed by atoms with van der Waals surface area (Å²) in [7, 11) is 0. The van der Waals surface area contributed by atoms with E-state index < -0.39 is 0 Å². The Morgan fingerprint density at radius 3 is 2.82 bits per heavy atom. The van der Waals surface area contributed by atoms with Gasteiger partial charge in [0.1, 0.15) is 17.1 Å². The van der Waals surface area contributed by atoms with Crippen LogP contribution in [0.2, 0.25) is 0 Å². The van der Waals surface area contributed by atoms with Gasteiger partial charge < -0.3 is 9.84 Å². The minimum atomic E-state index is -0.266. The summed E-state index contributed by atoms with van der Waals surface area (Å²) < 4.78 is 18.4. The molecule has 1 aromatic heterocycles. The number of nitrogens with zero attached hydrogens (tertiary/aromatic N) is 1. The van der Waals surface area contributed by atoms with Crippen LogP contribution in [0.25, 0.3) is 10.9 Å². The fourth-order valence-corrected chi connectivity index (χ4v) is 2.31. The van der Waals surface area contributed by atoms with E-state index in [1.165, 1.54) is 12.1 Å². The Balaban J connectivity index is 0.00000108. The molecule has 2 aromatic rings. The summed E-state index contributed by atoms with van der Waals surface area (Å²) in [4.78, 5) is 0. The van der Waals surface area contributed by atoms with Crippen LogP contribution in [0.1, 0.15) is 24.5 Å². The van der Waals surface area contributed by atoms with E-state index in [0.717, 1.165) is 37.1 Å². The fraction of sp³-hybridized carbons (Fsp3) is 0.417. The van der Waals surface area contributed by atoms with Crippen molar-refractivity contribution in [1.29, 1.82) is 0 Å². The smallest absolute Gasteiger partial charge is 0.147 e. The van der Waals surface area contributed by atoms with Crippen LogP contribution < -0.4 is 5.32 Å². The van der Waals surface area contributed by atoms with Crippen molar-refractivity contribution in [3.8, 4) is 0 Å². The third kappa shape index (κ3) is 2.28. The summed E-state index contributed by atoms with van der Waals surface area (Å²) in [5, 5.41) is 8.18. The number of halogens is 2. The molecule has 0 saturated carbocycles. The lowest BCUT2D eigenvalue weighted by molar-refractivity contribution is 0.333. The molecule has 92 valence electrons. The van der Waals surface area contributed by atoms with Crippen LogP contribution in [0.4, 0.5) is 4.39 Å². The first-order valence-corrected chi connectivity index (χ1v) is 5.60. The van der Waals surface area contributed by atoms with Crippen LogP contribution in [-0.4, -0.2) is 18.2 Å². The third-order valence-electron chi connectivity index (χ3n) is 3.18. The highest BCUT2D eigenvalue weighted by atomic mass is 35.5. The Morgan fingerprint density at radius 1 is 1.29 bits per heavy atom. The summed E-state index contributed by atoms with van der Waals surface area (Å²) in [5.74, 6) is 1.06. The molecule has 0 spiro atoms. The highest BCUT2D eigenvalue weighted by Gasteiger charge is 2.21. The van der Waals surface area contributed by atoms with Gasteiger partial charge in [-0.25, -0.2) is 4.39 Å². The second kappa shape index (κ2) is 5.02. The summed E-state index contributed by atoms with van der Waals surface area (Å²) in [6.45, 7) is 2.02. The number of aromatic nitrogens is 1. The van der Waals surface area contributed by atoms with E-state index in [2.05, 4.69) is 10.5 Å². The Kier molecular flexibility index (Phi) is 3.64. The molecule has 1 fully saturated rings. The molecule has 1 aliphatic heterocycles. The van der Waals surface area contributed by atoms with E-state index in [1.807, 2.05) is 0 Å². The second-order valence-electron chi connectivity index (χ2n) is 4.23. The van der Waals surface area contributed by atoms with Crippen LogP contribution in [0.3, 0.4) is 0 Å². The number of rotatable bonds is 1. The molecule has 1 aliphatic rings. The molecular weight excluding hydrogens is 243 g/mol. The van der Waals surface area contributed by atoms with E-state index in [4.69, 9.17) is 4.52 Å². The minimum absolute atomic E-state index is 0. The second-order valence-corrected chi connectivity index (χ2v) is 4.23. The van der Waals surface area contributed by atoms with Crippen LogP contribution in [-0.2, 0) is 0 Å². The van der Waals surface area contributed by atoms with Gasteiger partial charge in [-0.05, 0) is 38.1 Å². The summed E-state index contributed by atoms with van der Waals surface area (Å²) >= 11 is 0. The van der Waals surface area contributed by atoms with Crippen molar-refractivity contribution < 1.29 is 8.91 Å². The van der Waals surface area contributed by atoms with E-state index in [0.29, 0.717) is 11.4 Å². The van der Waals surface area contributed by atoms with Crippen LogP contribution in [0.15, 0.2) is 22.7 Å². The van der Waals surface area contributed by atoms with Crippen molar-refractivity contribution in [3.05, 3.63) is 29.8 Å². The average molecular weight is 257 g/mol. The predicted molar refractivity (Wildman–Crippen MR) is 66.1 cm³/mol. The van der Waals surface area contributed by atoms with Gasteiger partial charge >= 0.3 is 0 Å². The van der Waals surface area contributed by atoms with E-state index in [1.54, 1.807) is 6.07 Å². The lowest BCUT2D eigenvalue weighted by atomic mass is 9.93. The first-order valence-electron chi connectivity index (χ1n) is 5.60. The van der Waals surface area contributed by atoms with Gasteiger partial charge in [-0.1, -0.05) is 5.16 Å². The first-order chi connectivity index (χ1) is 7.84. The zero-order chi connectivity index (χ0) is 11.0. The molecule has 0 amide bonds. The normalized spacial score (nSPS) is 17.0. The molecule has 0 aliphatic carbocycles. The Hall–Kier alpha value is -1.13. The molecule has 0 radical (unpaired) electrons. The molecule has 1 N–H and O–H groups in total. The van der Waals surface area contributed by atoms with Crippen molar-refractivity contribution in [3.63, 3.8) is 0 Å². The van der Waals surface area contributed by atoms with E-state index >= 15 is 0 Å². The zero-order valence-corrected chi connectivity index (χ0v) is 10.1. The summed E-state index contributed by atoms with van der Waals surface area (Å²) in [6, 6.07) is 4.64. The van der Waals surface area contributed by atoms with Gasteiger partial charge in [-0.2, -0.15) is 0 Å². The molecule has 1 aromatic carbocycles. The quantitative estimate of drug-likeness (QED) is 0.853. The molecule has 17 heavy (non-hydrogen) atoms. The molecule has 0 bridgehead atoms. The molecule has 3 nitrogen and oxygen atoms in total.